The number of benzene rings is 1. The Morgan fingerprint density at radius 3 is 2.88 bits per heavy atom. The zero-order valence-electron chi connectivity index (χ0n) is 9.09. The number of hydrogen-bond donors (Lipinski definition) is 2. The smallest absolute Gasteiger partial charge is 0.214 e. The third-order valence-electron chi connectivity index (χ3n) is 2.30. The molecule has 0 bridgehead atoms. The van der Waals surface area contributed by atoms with Crippen molar-refractivity contribution in [1.29, 1.82) is 0 Å². The number of aliphatic hydroxyl groups excluding tert-OH is 1. The zero-order chi connectivity index (χ0) is 12.3. The molecule has 0 saturated heterocycles. The largest absolute Gasteiger partial charge is 0.475 e. The van der Waals surface area contributed by atoms with Crippen molar-refractivity contribution in [3.8, 4) is 5.88 Å². The van der Waals surface area contributed by atoms with E-state index in [0.717, 1.165) is 16.5 Å². The molecule has 0 radical (unpaired) electrons. The molecule has 3 N–H and O–H groups in total. The van der Waals surface area contributed by atoms with Crippen molar-refractivity contribution in [3.05, 3.63) is 35.9 Å². The fourth-order valence-electron chi connectivity index (χ4n) is 1.58. The van der Waals surface area contributed by atoms with E-state index in [1.54, 1.807) is 6.07 Å². The first-order valence-corrected chi connectivity index (χ1v) is 5.56. The Hall–Kier alpha value is -1.72. The summed E-state index contributed by atoms with van der Waals surface area (Å²) in [7, 11) is 0. The summed E-state index contributed by atoms with van der Waals surface area (Å²) in [4.78, 5) is 4.61. The van der Waals surface area contributed by atoms with Gasteiger partial charge in [-0.05, 0) is 6.07 Å². The summed E-state index contributed by atoms with van der Waals surface area (Å²) >= 11 is 5.01. The monoisotopic (exact) mass is 248 g/mol. The number of nitrogens with two attached hydrogens (primary N) is 1. The lowest BCUT2D eigenvalue weighted by Gasteiger charge is -2.08. The second kappa shape index (κ2) is 5.07. The van der Waals surface area contributed by atoms with Crippen LogP contribution < -0.4 is 10.5 Å². The van der Waals surface area contributed by atoms with E-state index in [1.165, 1.54) is 0 Å². The average Bonchev–Trinajstić information content (AvgIpc) is 2.35. The van der Waals surface area contributed by atoms with E-state index >= 15 is 0 Å². The van der Waals surface area contributed by atoms with Gasteiger partial charge in [0, 0.05) is 17.0 Å². The predicted molar refractivity (Wildman–Crippen MR) is 70.2 cm³/mol. The van der Waals surface area contributed by atoms with Gasteiger partial charge in [0.2, 0.25) is 5.88 Å². The molecular weight excluding hydrogens is 236 g/mol. The van der Waals surface area contributed by atoms with Gasteiger partial charge in [-0.3, -0.25) is 0 Å². The summed E-state index contributed by atoms with van der Waals surface area (Å²) in [5.41, 5.74) is 7.18. The van der Waals surface area contributed by atoms with Gasteiger partial charge in [0.05, 0.1) is 12.1 Å². The van der Waals surface area contributed by atoms with Crippen LogP contribution in [0.1, 0.15) is 5.56 Å². The van der Waals surface area contributed by atoms with Gasteiger partial charge in [-0.15, -0.1) is 0 Å². The minimum absolute atomic E-state index is 0.0586. The van der Waals surface area contributed by atoms with Crippen LogP contribution in [0.5, 0.6) is 5.88 Å². The van der Waals surface area contributed by atoms with Gasteiger partial charge in [-0.2, -0.15) is 0 Å². The second-order valence-corrected chi connectivity index (χ2v) is 3.90. The van der Waals surface area contributed by atoms with Gasteiger partial charge < -0.3 is 15.6 Å². The number of pyridine rings is 1. The molecule has 5 heteroatoms. The van der Waals surface area contributed by atoms with Gasteiger partial charge in [0.25, 0.3) is 0 Å². The SMILES string of the molecule is NC(=S)c1cc(OCCO)nc2ccccc12. The number of para-hydroxylation sites is 1. The highest BCUT2D eigenvalue weighted by Gasteiger charge is 2.08. The molecule has 0 atom stereocenters. The molecule has 1 aromatic heterocycles. The van der Waals surface area contributed by atoms with Crippen molar-refractivity contribution in [3.63, 3.8) is 0 Å². The van der Waals surface area contributed by atoms with Crippen LogP contribution >= 0.6 is 12.2 Å². The van der Waals surface area contributed by atoms with Crippen LogP contribution in [0.15, 0.2) is 30.3 Å². The fourth-order valence-corrected chi connectivity index (χ4v) is 1.75. The maximum absolute atomic E-state index is 8.72. The maximum Gasteiger partial charge on any atom is 0.214 e. The lowest BCUT2D eigenvalue weighted by atomic mass is 10.1. The number of nitrogens with zero attached hydrogens (tertiary/aromatic N) is 1. The molecule has 0 amide bonds. The van der Waals surface area contributed by atoms with E-state index in [4.69, 9.17) is 27.8 Å². The standard InChI is InChI=1S/C12H12N2O2S/c13-12(17)9-7-11(16-6-5-15)14-10-4-2-1-3-8(9)10/h1-4,7,15H,5-6H2,(H2,13,17). The zero-order valence-corrected chi connectivity index (χ0v) is 9.91. The predicted octanol–water partition coefficient (Wildman–Crippen LogP) is 1.24. The van der Waals surface area contributed by atoms with E-state index in [9.17, 15) is 0 Å². The van der Waals surface area contributed by atoms with Crippen molar-refractivity contribution >= 4 is 28.1 Å². The van der Waals surface area contributed by atoms with E-state index < -0.39 is 0 Å². The molecule has 17 heavy (non-hydrogen) atoms. The maximum atomic E-state index is 8.72. The van der Waals surface area contributed by atoms with Crippen LogP contribution in [0.4, 0.5) is 0 Å². The van der Waals surface area contributed by atoms with Crippen molar-refractivity contribution in [1.82, 2.24) is 4.98 Å². The number of hydrogen-bond acceptors (Lipinski definition) is 4. The van der Waals surface area contributed by atoms with Crippen LogP contribution in [0.25, 0.3) is 10.9 Å². The topological polar surface area (TPSA) is 68.4 Å². The lowest BCUT2D eigenvalue weighted by Crippen LogP contribution is -2.11. The minimum Gasteiger partial charge on any atom is -0.475 e. The minimum atomic E-state index is -0.0586. The third-order valence-corrected chi connectivity index (χ3v) is 2.52. The number of thiocarbonyl (C=S) groups is 1. The van der Waals surface area contributed by atoms with E-state index in [0.29, 0.717) is 10.9 Å². The van der Waals surface area contributed by atoms with Gasteiger partial charge in [-0.1, -0.05) is 30.4 Å². The number of ether oxygens (including phenoxy) is 1. The van der Waals surface area contributed by atoms with Crippen molar-refractivity contribution < 1.29 is 9.84 Å². The fraction of sp³-hybridized carbons (Fsp3) is 0.167. The molecule has 0 unspecified atom stereocenters. The highest BCUT2D eigenvalue weighted by atomic mass is 32.1. The van der Waals surface area contributed by atoms with Crippen molar-refractivity contribution in [2.45, 2.75) is 0 Å². The second-order valence-electron chi connectivity index (χ2n) is 3.46. The molecule has 4 nitrogen and oxygen atoms in total. The molecule has 0 saturated carbocycles. The van der Waals surface area contributed by atoms with E-state index in [2.05, 4.69) is 4.98 Å². The Bertz CT molecular complexity index is 557. The summed E-state index contributed by atoms with van der Waals surface area (Å²) in [6, 6.07) is 9.25. The molecule has 0 aliphatic carbocycles. The highest BCUT2D eigenvalue weighted by Crippen LogP contribution is 2.21. The number of aromatic nitrogens is 1. The summed E-state index contributed by atoms with van der Waals surface area (Å²) in [6.07, 6.45) is 0. The Morgan fingerprint density at radius 2 is 2.18 bits per heavy atom. The molecule has 2 rings (SSSR count). The first-order chi connectivity index (χ1) is 8.22. The molecule has 0 fully saturated rings. The molecule has 0 aliphatic heterocycles. The van der Waals surface area contributed by atoms with Gasteiger partial charge in [-0.25, -0.2) is 4.98 Å². The average molecular weight is 248 g/mol. The number of aliphatic hydroxyl groups is 1. The highest BCUT2D eigenvalue weighted by molar-refractivity contribution is 7.80. The van der Waals surface area contributed by atoms with E-state index in [1.807, 2.05) is 24.3 Å². The lowest BCUT2D eigenvalue weighted by molar-refractivity contribution is 0.197. The number of fused-ring (bicyclic) bond motifs is 1. The van der Waals surface area contributed by atoms with Crippen LogP contribution in [-0.4, -0.2) is 28.3 Å². The van der Waals surface area contributed by atoms with E-state index in [-0.39, 0.29) is 13.2 Å². The summed E-state index contributed by atoms with van der Waals surface area (Å²) in [5, 5.41) is 9.62. The molecule has 1 heterocycles. The van der Waals surface area contributed by atoms with Gasteiger partial charge in [0.1, 0.15) is 11.6 Å². The van der Waals surface area contributed by atoms with Crippen molar-refractivity contribution in [2.24, 2.45) is 5.73 Å². The Kier molecular flexibility index (Phi) is 3.51. The summed E-state index contributed by atoms with van der Waals surface area (Å²) in [6.45, 7) is 0.138. The normalized spacial score (nSPS) is 10.4. The summed E-state index contributed by atoms with van der Waals surface area (Å²) in [5.74, 6) is 0.417. The Balaban J connectivity index is 2.55. The molecule has 88 valence electrons. The van der Waals surface area contributed by atoms with Gasteiger partial charge >= 0.3 is 0 Å². The van der Waals surface area contributed by atoms with Crippen molar-refractivity contribution in [2.75, 3.05) is 13.2 Å². The summed E-state index contributed by atoms with van der Waals surface area (Å²) < 4.78 is 5.28. The molecule has 0 aliphatic rings. The molecule has 0 spiro atoms. The molecule has 1 aromatic carbocycles. The van der Waals surface area contributed by atoms with Crippen LogP contribution in [0.3, 0.4) is 0 Å². The Morgan fingerprint density at radius 1 is 1.41 bits per heavy atom. The third kappa shape index (κ3) is 2.51. The molecular formula is C12H12N2O2S. The first-order valence-electron chi connectivity index (χ1n) is 5.15. The van der Waals surface area contributed by atoms with Crippen LogP contribution in [-0.2, 0) is 0 Å². The number of rotatable bonds is 4. The van der Waals surface area contributed by atoms with Crippen LogP contribution in [0, 0.1) is 0 Å². The molecule has 2 aromatic rings. The Labute approximate surface area is 104 Å². The van der Waals surface area contributed by atoms with Crippen LogP contribution in [0.2, 0.25) is 0 Å². The quantitative estimate of drug-likeness (QED) is 0.797. The van der Waals surface area contributed by atoms with Gasteiger partial charge in [0.15, 0.2) is 0 Å². The first kappa shape index (κ1) is 11.8.